The number of aliphatic imine (C=N–C) groups is 1. The highest BCUT2D eigenvalue weighted by molar-refractivity contribution is 9.10. The number of fused-ring (bicyclic) bond motifs is 3. The predicted molar refractivity (Wildman–Crippen MR) is 354 cm³/mol. The van der Waals surface area contributed by atoms with E-state index < -0.39 is 7.12 Å². The van der Waals surface area contributed by atoms with Gasteiger partial charge in [0.15, 0.2) is 11.3 Å². The molecule has 5 aromatic carbocycles. The van der Waals surface area contributed by atoms with Gasteiger partial charge in [0.05, 0.1) is 50.9 Å². The van der Waals surface area contributed by atoms with Gasteiger partial charge in [-0.1, -0.05) is 95.3 Å². The number of pyridine rings is 3. The number of halogens is 1. The van der Waals surface area contributed by atoms with Crippen LogP contribution in [0.15, 0.2) is 206 Å². The molecule has 0 radical (unpaired) electrons. The topological polar surface area (TPSA) is 233 Å². The number of aryl methyl sites for hydroxylation is 2. The minimum Gasteiger partial charge on any atom is -0.497 e. The van der Waals surface area contributed by atoms with E-state index in [0.717, 1.165) is 106 Å². The number of nitrogens with one attached hydrogen (secondary N) is 3. The molecule has 3 amide bonds. The second kappa shape index (κ2) is 31.1. The molecule has 0 saturated heterocycles. The van der Waals surface area contributed by atoms with Crippen molar-refractivity contribution in [3.05, 3.63) is 234 Å². The number of rotatable bonds is 15. The monoisotopic (exact) mass is 1230 g/mol. The fraction of sp³-hybridized carbons (Fsp3) is 0.149. The Kier molecular flexibility index (Phi) is 23.6. The molecular formula is C67H69BBrN11O7. The van der Waals surface area contributed by atoms with Crippen molar-refractivity contribution in [2.75, 3.05) is 30.2 Å². The zero-order valence-corrected chi connectivity index (χ0v) is 49.0. The van der Waals surface area contributed by atoms with E-state index in [9.17, 15) is 14.4 Å². The summed E-state index contributed by atoms with van der Waals surface area (Å²) in [5.74, 6) is 0.889. The van der Waals surface area contributed by atoms with E-state index in [0.29, 0.717) is 36.5 Å². The van der Waals surface area contributed by atoms with E-state index in [-0.39, 0.29) is 32.6 Å². The molecule has 0 atom stereocenters. The molecule has 0 fully saturated rings. The van der Waals surface area contributed by atoms with Gasteiger partial charge in [0.2, 0.25) is 17.7 Å². The van der Waals surface area contributed by atoms with Crippen molar-refractivity contribution in [1.82, 2.24) is 34.5 Å². The largest absolute Gasteiger partial charge is 0.497 e. The maximum atomic E-state index is 11.6. The molecule has 5 N–H and O–H groups in total. The van der Waals surface area contributed by atoms with Gasteiger partial charge in [-0.05, 0) is 162 Å². The summed E-state index contributed by atoms with van der Waals surface area (Å²) in [5.41, 5.74) is 15.3. The van der Waals surface area contributed by atoms with Crippen molar-refractivity contribution in [3.8, 4) is 33.8 Å². The number of benzene rings is 5. The van der Waals surface area contributed by atoms with Gasteiger partial charge >= 0.3 is 7.12 Å². The lowest BCUT2D eigenvalue weighted by molar-refractivity contribution is -0.112. The number of ether oxygens (including phenoxy) is 2. The van der Waals surface area contributed by atoms with E-state index in [1.165, 1.54) is 23.8 Å². The summed E-state index contributed by atoms with van der Waals surface area (Å²) in [6, 6.07) is 43.8. The first-order valence-electron chi connectivity index (χ1n) is 26.6. The van der Waals surface area contributed by atoms with Gasteiger partial charge in [-0.15, -0.1) is 0 Å². The Hall–Kier alpha value is -10.1. The lowest BCUT2D eigenvalue weighted by Crippen LogP contribution is -2.29. The molecule has 444 valence electrons. The van der Waals surface area contributed by atoms with E-state index in [4.69, 9.17) is 19.5 Å². The van der Waals surface area contributed by atoms with Gasteiger partial charge in [0.1, 0.15) is 11.5 Å². The lowest BCUT2D eigenvalue weighted by atomic mass is 9.80. The van der Waals surface area contributed by atoms with Gasteiger partial charge in [-0.2, -0.15) is 10.2 Å². The summed E-state index contributed by atoms with van der Waals surface area (Å²) in [6.07, 6.45) is 9.13. The SMILES string of the molecule is C.C.C=CC(=O)Nc1cccc(-c2cnc3c(c2)C(C)=NC3)c1.C=CC(=O)Nc1cccc(-c2cnc3c(c2)c(C)nn3Cc2ccc(OC)cc2)c1.C=CC(=O)Nc1cccc(B(O)O)c1.COc1ccc(Cn2nc(C)c3cc(Br)cnc32)cc1. The maximum absolute atomic E-state index is 11.6. The average molecular weight is 1230 g/mol. The molecule has 5 aromatic heterocycles. The third-order valence-corrected chi connectivity index (χ3v) is 13.7. The van der Waals surface area contributed by atoms with Crippen LogP contribution in [0.25, 0.3) is 44.3 Å². The third-order valence-electron chi connectivity index (χ3n) is 13.3. The Balaban J connectivity index is 0.000000190. The van der Waals surface area contributed by atoms with Crippen LogP contribution < -0.4 is 30.9 Å². The van der Waals surface area contributed by atoms with Gasteiger partial charge in [-0.3, -0.25) is 24.4 Å². The maximum Gasteiger partial charge on any atom is 0.488 e. The zero-order valence-electron chi connectivity index (χ0n) is 47.5. The highest BCUT2D eigenvalue weighted by Gasteiger charge is 2.17. The smallest absolute Gasteiger partial charge is 0.488 e. The number of hydrogen-bond acceptors (Lipinski definition) is 13. The number of carbonyl (C=O) groups is 3. The third kappa shape index (κ3) is 17.5. The van der Waals surface area contributed by atoms with Crippen LogP contribution in [0.2, 0.25) is 0 Å². The second-order valence-corrected chi connectivity index (χ2v) is 20.1. The molecule has 0 aliphatic carbocycles. The van der Waals surface area contributed by atoms with Crippen LogP contribution in [0.1, 0.15) is 55.5 Å². The zero-order chi connectivity index (χ0) is 60.6. The first-order chi connectivity index (χ1) is 41.0. The van der Waals surface area contributed by atoms with E-state index >= 15 is 0 Å². The highest BCUT2D eigenvalue weighted by atomic mass is 79.9. The quantitative estimate of drug-likeness (QED) is 0.0476. The molecule has 0 bridgehead atoms. The molecule has 1 aliphatic heterocycles. The molecule has 0 spiro atoms. The fourth-order valence-electron chi connectivity index (χ4n) is 8.86. The first-order valence-corrected chi connectivity index (χ1v) is 27.4. The summed E-state index contributed by atoms with van der Waals surface area (Å²) in [4.78, 5) is 51.9. The van der Waals surface area contributed by atoms with Crippen LogP contribution >= 0.6 is 15.9 Å². The van der Waals surface area contributed by atoms with Crippen molar-refractivity contribution in [2.24, 2.45) is 4.99 Å². The summed E-state index contributed by atoms with van der Waals surface area (Å²) in [7, 11) is 1.79. The van der Waals surface area contributed by atoms with Gasteiger partial charge in [0.25, 0.3) is 0 Å². The molecule has 6 heterocycles. The molecule has 0 unspecified atom stereocenters. The Morgan fingerprint density at radius 3 is 1.48 bits per heavy atom. The van der Waals surface area contributed by atoms with Gasteiger partial charge < -0.3 is 35.5 Å². The van der Waals surface area contributed by atoms with Crippen LogP contribution in [0, 0.1) is 13.8 Å². The number of carbonyl (C=O) groups excluding carboxylic acids is 3. The predicted octanol–water partition coefficient (Wildman–Crippen LogP) is 12.1. The lowest BCUT2D eigenvalue weighted by Gasteiger charge is -2.07. The summed E-state index contributed by atoms with van der Waals surface area (Å²) < 4.78 is 15.2. The molecule has 0 saturated carbocycles. The number of nitrogens with zero attached hydrogens (tertiary/aromatic N) is 8. The van der Waals surface area contributed by atoms with Gasteiger partial charge in [0, 0.05) is 73.3 Å². The normalized spacial score (nSPS) is 10.7. The molecule has 11 rings (SSSR count). The van der Waals surface area contributed by atoms with Gasteiger partial charge in [-0.25, -0.2) is 19.3 Å². The number of amides is 3. The standard InChI is InChI=1S/C24H22N4O2.C17H15N3O.C15H14BrN3O.C9H10BNO3.2CH4/c1-4-23(29)26-20-7-5-6-18(12-20)19-13-22-16(2)27-28(24(22)25-14-19)15-17-8-10-21(30-3)11-9-17;1-3-17(21)20-14-6-4-5-12(7-14)13-8-15-11(2)18-10-16(15)19-9-13;1-10-14-7-12(16)8-17-15(14)19(18-10)9-11-3-5-13(20-2)6-4-11;1-2-9(12)11-8-5-3-4-7(6-8)10(13)14;;/h4-14H,1,15H2,2-3H3,(H,26,29);3-9H,1,10H2,2H3,(H,20,21);3-8H,9H2,1-2H3;2-6,13-14H,1H2,(H,11,12);2*1H4. The van der Waals surface area contributed by atoms with Crippen molar-refractivity contribution in [1.29, 1.82) is 0 Å². The minimum atomic E-state index is -1.53. The summed E-state index contributed by atoms with van der Waals surface area (Å²) in [5, 5.41) is 37.1. The Labute approximate surface area is 515 Å². The molecule has 87 heavy (non-hydrogen) atoms. The van der Waals surface area contributed by atoms with E-state index in [1.54, 1.807) is 38.6 Å². The number of hydrogen-bond donors (Lipinski definition) is 5. The highest BCUT2D eigenvalue weighted by Crippen LogP contribution is 2.29. The number of aromatic nitrogens is 7. The number of methoxy groups -OCH3 is 2. The first kappa shape index (κ1) is 66.0. The van der Waals surface area contributed by atoms with Crippen LogP contribution in [0.5, 0.6) is 11.5 Å². The Bertz CT molecular complexity index is 4110. The van der Waals surface area contributed by atoms with Crippen LogP contribution in [0.4, 0.5) is 17.1 Å². The minimum absolute atomic E-state index is 0. The molecule has 10 aromatic rings. The number of anilines is 3. The molecule has 20 heteroatoms. The van der Waals surface area contributed by atoms with Crippen molar-refractivity contribution in [2.45, 2.75) is 55.3 Å². The molecule has 1 aliphatic rings. The molecule has 18 nitrogen and oxygen atoms in total. The fourth-order valence-corrected chi connectivity index (χ4v) is 9.19. The van der Waals surface area contributed by atoms with E-state index in [1.807, 2.05) is 140 Å². The second-order valence-electron chi connectivity index (χ2n) is 19.2. The van der Waals surface area contributed by atoms with Crippen molar-refractivity contribution >= 4 is 91.1 Å². The summed E-state index contributed by atoms with van der Waals surface area (Å²) >= 11 is 3.45. The van der Waals surface area contributed by atoms with Crippen LogP contribution in [0.3, 0.4) is 0 Å². The summed E-state index contributed by atoms with van der Waals surface area (Å²) in [6.45, 7) is 18.2. The Morgan fingerprint density at radius 2 is 1.01 bits per heavy atom. The van der Waals surface area contributed by atoms with E-state index in [2.05, 4.69) is 100.0 Å². The van der Waals surface area contributed by atoms with Crippen LogP contribution in [-0.4, -0.2) is 89.3 Å². The van der Waals surface area contributed by atoms with Crippen molar-refractivity contribution in [3.63, 3.8) is 0 Å². The molecular weight excluding hydrogens is 1160 g/mol. The van der Waals surface area contributed by atoms with Crippen LogP contribution in [-0.2, 0) is 34.0 Å². The Morgan fingerprint density at radius 1 is 0.575 bits per heavy atom. The van der Waals surface area contributed by atoms with Crippen molar-refractivity contribution < 1.29 is 33.9 Å². The average Bonchev–Trinajstić information content (AvgIpc) is 2.24.